The van der Waals surface area contributed by atoms with Crippen LogP contribution in [-0.2, 0) is 14.8 Å². The molecule has 0 saturated carbocycles. The highest BCUT2D eigenvalue weighted by atomic mass is 35.5. The molecule has 3 aliphatic heterocycles. The summed E-state index contributed by atoms with van der Waals surface area (Å²) in [6, 6.07) is 7.67. The summed E-state index contributed by atoms with van der Waals surface area (Å²) in [5.74, 6) is 0.357. The van der Waals surface area contributed by atoms with Gasteiger partial charge in [-0.2, -0.15) is 0 Å². The molecule has 7 nitrogen and oxygen atoms in total. The first kappa shape index (κ1) is 20.9. The van der Waals surface area contributed by atoms with E-state index in [0.29, 0.717) is 30.6 Å². The lowest BCUT2D eigenvalue weighted by Crippen LogP contribution is -2.64. The van der Waals surface area contributed by atoms with E-state index in [9.17, 15) is 13.2 Å². The lowest BCUT2D eigenvalue weighted by molar-refractivity contribution is 0.0930. The maximum absolute atomic E-state index is 13.0. The normalized spacial score (nSPS) is 24.0. The van der Waals surface area contributed by atoms with E-state index in [1.165, 1.54) is 5.56 Å². The topological polar surface area (TPSA) is 70.2 Å². The third-order valence-corrected chi connectivity index (χ3v) is 8.81. The monoisotopic (exact) mass is 441 g/mol. The van der Waals surface area contributed by atoms with Crippen LogP contribution in [0.15, 0.2) is 24.3 Å². The molecule has 3 saturated heterocycles. The Labute approximate surface area is 177 Å². The van der Waals surface area contributed by atoms with Crippen molar-refractivity contribution in [3.8, 4) is 0 Å². The largest absolute Gasteiger partial charge is 0.359 e. The number of amides is 2. The number of benzene rings is 1. The van der Waals surface area contributed by atoms with Crippen LogP contribution in [0.3, 0.4) is 0 Å². The van der Waals surface area contributed by atoms with Gasteiger partial charge in [0.25, 0.3) is 0 Å². The summed E-state index contributed by atoms with van der Waals surface area (Å²) >= 11 is 5.96. The van der Waals surface area contributed by atoms with Crippen LogP contribution in [0.1, 0.15) is 38.2 Å². The van der Waals surface area contributed by atoms with E-state index in [1.54, 1.807) is 14.1 Å². The third-order valence-electron chi connectivity index (χ3n) is 6.33. The minimum Gasteiger partial charge on any atom is -0.359 e. The molecule has 1 aromatic rings. The molecule has 3 heterocycles. The summed E-state index contributed by atoms with van der Waals surface area (Å²) in [4.78, 5) is 16.0. The molecule has 160 valence electrons. The Bertz CT molecular complexity index is 860. The lowest BCUT2D eigenvalue weighted by Gasteiger charge is -2.44. The number of ether oxygens (including phenoxy) is 1. The number of nitrogens with zero attached hydrogens (tertiary/aromatic N) is 3. The van der Waals surface area contributed by atoms with Crippen LogP contribution in [0.2, 0.25) is 5.02 Å². The van der Waals surface area contributed by atoms with Crippen molar-refractivity contribution in [3.05, 3.63) is 34.9 Å². The highest BCUT2D eigenvalue weighted by Gasteiger charge is 2.47. The second-order valence-corrected chi connectivity index (χ2v) is 11.4. The molecule has 3 aliphatic rings. The molecule has 0 aromatic heterocycles. The van der Waals surface area contributed by atoms with Crippen LogP contribution < -0.4 is 0 Å². The van der Waals surface area contributed by atoms with Crippen molar-refractivity contribution in [1.29, 1.82) is 0 Å². The quantitative estimate of drug-likeness (QED) is 0.723. The van der Waals surface area contributed by atoms with Crippen molar-refractivity contribution in [1.82, 2.24) is 14.1 Å². The zero-order valence-electron chi connectivity index (χ0n) is 16.9. The minimum absolute atomic E-state index is 0.139. The van der Waals surface area contributed by atoms with Crippen LogP contribution in [0.5, 0.6) is 0 Å². The van der Waals surface area contributed by atoms with E-state index < -0.39 is 15.3 Å². The van der Waals surface area contributed by atoms with E-state index >= 15 is 0 Å². The van der Waals surface area contributed by atoms with Gasteiger partial charge in [-0.05, 0) is 50.3 Å². The average molecular weight is 442 g/mol. The molecule has 0 aliphatic carbocycles. The molecule has 0 N–H and O–H groups in total. The number of carbonyl (C=O) groups is 1. The zero-order chi connectivity index (χ0) is 20.8. The number of sulfonamides is 1. The first-order valence-electron chi connectivity index (χ1n) is 10.1. The van der Waals surface area contributed by atoms with Gasteiger partial charge in [0.05, 0.1) is 12.1 Å². The molecule has 9 heteroatoms. The van der Waals surface area contributed by atoms with Gasteiger partial charge in [0.2, 0.25) is 10.0 Å². The molecular weight excluding hydrogens is 414 g/mol. The fourth-order valence-corrected chi connectivity index (χ4v) is 6.30. The SMILES string of the molecule is CC1(C)COCN1C(=O)N1CC(S(=O)(=O)N2CCC(c3ccc(Cl)cc3)CC2)C1. The molecule has 0 unspecified atom stereocenters. The summed E-state index contributed by atoms with van der Waals surface area (Å²) in [7, 11) is -3.39. The first-order chi connectivity index (χ1) is 13.7. The van der Waals surface area contributed by atoms with Gasteiger partial charge < -0.3 is 9.64 Å². The first-order valence-corrected chi connectivity index (χ1v) is 12.0. The predicted molar refractivity (Wildman–Crippen MR) is 111 cm³/mol. The van der Waals surface area contributed by atoms with Crippen LogP contribution in [-0.4, -0.2) is 78.9 Å². The molecule has 0 atom stereocenters. The summed E-state index contributed by atoms with van der Waals surface area (Å²) in [6.45, 7) is 6.22. The number of piperidine rings is 1. The molecule has 0 radical (unpaired) electrons. The van der Waals surface area contributed by atoms with Gasteiger partial charge in [0.15, 0.2) is 0 Å². The molecule has 29 heavy (non-hydrogen) atoms. The Morgan fingerprint density at radius 3 is 2.31 bits per heavy atom. The standard InChI is InChI=1S/C20H28ClN3O4S/c1-20(2)13-28-14-24(20)19(25)22-11-18(12-22)29(26,27)23-9-7-16(8-10-23)15-3-5-17(21)6-4-15/h3-6,16,18H,7-14H2,1-2H3. The highest BCUT2D eigenvalue weighted by Crippen LogP contribution is 2.32. The van der Waals surface area contributed by atoms with Gasteiger partial charge >= 0.3 is 6.03 Å². The summed E-state index contributed by atoms with van der Waals surface area (Å²) < 4.78 is 33.0. The number of urea groups is 1. The Morgan fingerprint density at radius 1 is 1.14 bits per heavy atom. The Balaban J connectivity index is 1.31. The maximum Gasteiger partial charge on any atom is 0.322 e. The molecular formula is C20H28ClN3O4S. The van der Waals surface area contributed by atoms with E-state index in [-0.39, 0.29) is 31.4 Å². The van der Waals surface area contributed by atoms with Crippen LogP contribution in [0, 0.1) is 0 Å². The highest BCUT2D eigenvalue weighted by molar-refractivity contribution is 7.89. The van der Waals surface area contributed by atoms with E-state index in [0.717, 1.165) is 12.8 Å². The second-order valence-electron chi connectivity index (χ2n) is 8.80. The van der Waals surface area contributed by atoms with Crippen LogP contribution >= 0.6 is 11.6 Å². The minimum atomic E-state index is -3.39. The van der Waals surface area contributed by atoms with Crippen molar-refractivity contribution >= 4 is 27.7 Å². The van der Waals surface area contributed by atoms with E-state index in [2.05, 4.69) is 0 Å². The number of halogens is 1. The van der Waals surface area contributed by atoms with Crippen molar-refractivity contribution in [3.63, 3.8) is 0 Å². The maximum atomic E-state index is 13.0. The van der Waals surface area contributed by atoms with Crippen molar-refractivity contribution in [2.45, 2.75) is 43.4 Å². The number of hydrogen-bond acceptors (Lipinski definition) is 4. The van der Waals surface area contributed by atoms with E-state index in [4.69, 9.17) is 16.3 Å². The number of rotatable bonds is 3. The fourth-order valence-electron chi connectivity index (χ4n) is 4.30. The summed E-state index contributed by atoms with van der Waals surface area (Å²) in [5, 5.41) is 0.201. The fraction of sp³-hybridized carbons (Fsp3) is 0.650. The number of carbonyl (C=O) groups excluding carboxylic acids is 1. The van der Waals surface area contributed by atoms with Gasteiger partial charge in [-0.1, -0.05) is 23.7 Å². The lowest BCUT2D eigenvalue weighted by atomic mass is 9.90. The predicted octanol–water partition coefficient (Wildman–Crippen LogP) is 2.72. The molecule has 0 spiro atoms. The van der Waals surface area contributed by atoms with Gasteiger partial charge in [-0.3, -0.25) is 4.90 Å². The summed E-state index contributed by atoms with van der Waals surface area (Å²) in [5.41, 5.74) is 0.854. The molecule has 4 rings (SSSR count). The molecule has 2 amide bonds. The Morgan fingerprint density at radius 2 is 1.76 bits per heavy atom. The number of likely N-dealkylation sites (tertiary alicyclic amines) is 1. The van der Waals surface area contributed by atoms with Crippen molar-refractivity contribution in [2.24, 2.45) is 0 Å². The van der Waals surface area contributed by atoms with Crippen molar-refractivity contribution in [2.75, 3.05) is 39.5 Å². The molecule has 0 bridgehead atoms. The molecule has 1 aromatic carbocycles. The van der Waals surface area contributed by atoms with Gasteiger partial charge in [-0.25, -0.2) is 17.5 Å². The Kier molecular flexibility index (Phi) is 5.57. The third kappa shape index (κ3) is 4.00. The van der Waals surface area contributed by atoms with Crippen molar-refractivity contribution < 1.29 is 17.9 Å². The van der Waals surface area contributed by atoms with Crippen LogP contribution in [0.25, 0.3) is 0 Å². The van der Waals surface area contributed by atoms with Gasteiger partial charge in [-0.15, -0.1) is 0 Å². The van der Waals surface area contributed by atoms with Gasteiger partial charge in [0, 0.05) is 31.2 Å². The van der Waals surface area contributed by atoms with Gasteiger partial charge in [0.1, 0.15) is 12.0 Å². The number of hydrogen-bond donors (Lipinski definition) is 0. The van der Waals surface area contributed by atoms with Crippen LogP contribution in [0.4, 0.5) is 4.79 Å². The second kappa shape index (κ2) is 7.72. The Hall–Kier alpha value is -1.35. The zero-order valence-corrected chi connectivity index (χ0v) is 18.5. The smallest absolute Gasteiger partial charge is 0.322 e. The average Bonchev–Trinajstić information content (AvgIpc) is 3.00. The molecule has 3 fully saturated rings. The summed E-state index contributed by atoms with van der Waals surface area (Å²) in [6.07, 6.45) is 1.60. The van der Waals surface area contributed by atoms with E-state index in [1.807, 2.05) is 38.1 Å².